The second-order valence-corrected chi connectivity index (χ2v) is 6.86. The molecule has 1 heterocycles. The van der Waals surface area contributed by atoms with Gasteiger partial charge in [0, 0.05) is 29.4 Å². The van der Waals surface area contributed by atoms with Gasteiger partial charge in [0.05, 0.1) is 14.2 Å². The molecule has 2 N–H and O–H groups in total. The number of thioether (sulfide) groups is 1. The average molecular weight is 413 g/mol. The van der Waals surface area contributed by atoms with E-state index in [4.69, 9.17) is 9.47 Å². The lowest BCUT2D eigenvalue weighted by atomic mass is 10.1. The monoisotopic (exact) mass is 413 g/mol. The number of carbonyl (C=O) groups excluding carboxylic acids is 1. The molecule has 0 aliphatic heterocycles. The number of amides is 1. The molecule has 0 saturated heterocycles. The van der Waals surface area contributed by atoms with E-state index in [0.717, 1.165) is 5.56 Å². The lowest BCUT2D eigenvalue weighted by Crippen LogP contribution is -2.20. The van der Waals surface area contributed by atoms with Crippen molar-refractivity contribution in [2.45, 2.75) is 37.6 Å². The topological polar surface area (TPSA) is 93.3 Å². The SMILES string of the molecule is COc1cc(C)c(NC(=O)CCc2c(C)nc(SC(F)F)[nH]c2=O)cc1OC. The van der Waals surface area contributed by atoms with Crippen LogP contribution in [0.2, 0.25) is 0 Å². The maximum atomic E-state index is 12.4. The van der Waals surface area contributed by atoms with Gasteiger partial charge in [0.15, 0.2) is 16.7 Å². The molecule has 152 valence electrons. The number of rotatable bonds is 8. The third-order valence-electron chi connectivity index (χ3n) is 4.01. The van der Waals surface area contributed by atoms with Gasteiger partial charge in [-0.2, -0.15) is 8.78 Å². The number of hydrogen-bond acceptors (Lipinski definition) is 6. The summed E-state index contributed by atoms with van der Waals surface area (Å²) in [6.45, 7) is 3.37. The van der Waals surface area contributed by atoms with Crippen molar-refractivity contribution in [3.63, 3.8) is 0 Å². The van der Waals surface area contributed by atoms with Gasteiger partial charge in [-0.15, -0.1) is 0 Å². The zero-order chi connectivity index (χ0) is 20.8. The van der Waals surface area contributed by atoms with Crippen molar-refractivity contribution in [3.8, 4) is 11.5 Å². The number of nitrogens with one attached hydrogen (secondary N) is 2. The number of nitrogens with zero attached hydrogens (tertiary/aromatic N) is 1. The minimum atomic E-state index is -2.68. The fourth-order valence-corrected chi connectivity index (χ4v) is 3.10. The normalized spacial score (nSPS) is 10.8. The van der Waals surface area contributed by atoms with Crippen molar-refractivity contribution in [3.05, 3.63) is 39.3 Å². The molecule has 1 amide bonds. The molecule has 0 aliphatic carbocycles. The fraction of sp³-hybridized carbons (Fsp3) is 0.389. The average Bonchev–Trinajstić information content (AvgIpc) is 2.61. The number of H-pyrrole nitrogens is 1. The van der Waals surface area contributed by atoms with E-state index in [1.165, 1.54) is 14.2 Å². The predicted octanol–water partition coefficient (Wildman–Crippen LogP) is 3.29. The molecule has 28 heavy (non-hydrogen) atoms. The molecule has 10 heteroatoms. The Morgan fingerprint density at radius 2 is 1.89 bits per heavy atom. The Morgan fingerprint density at radius 3 is 2.46 bits per heavy atom. The first kappa shape index (κ1) is 21.7. The number of halogens is 2. The molecule has 0 saturated carbocycles. The van der Waals surface area contributed by atoms with Crippen molar-refractivity contribution in [1.29, 1.82) is 0 Å². The van der Waals surface area contributed by atoms with Gasteiger partial charge in [0.25, 0.3) is 11.3 Å². The molecule has 0 atom stereocenters. The quantitative estimate of drug-likeness (QED) is 0.510. The number of aromatic amines is 1. The van der Waals surface area contributed by atoms with Gasteiger partial charge in [-0.05, 0) is 43.7 Å². The smallest absolute Gasteiger partial charge is 0.291 e. The Kier molecular flexibility index (Phi) is 7.38. The van der Waals surface area contributed by atoms with E-state index < -0.39 is 11.3 Å². The van der Waals surface area contributed by atoms with Crippen LogP contribution in [0.4, 0.5) is 14.5 Å². The number of ether oxygens (including phenoxy) is 2. The van der Waals surface area contributed by atoms with Gasteiger partial charge in [-0.1, -0.05) is 0 Å². The van der Waals surface area contributed by atoms with E-state index in [1.807, 2.05) is 6.92 Å². The van der Waals surface area contributed by atoms with Crippen LogP contribution in [0.3, 0.4) is 0 Å². The van der Waals surface area contributed by atoms with Crippen LogP contribution >= 0.6 is 11.8 Å². The van der Waals surface area contributed by atoms with Crippen LogP contribution in [0.15, 0.2) is 22.1 Å². The lowest BCUT2D eigenvalue weighted by molar-refractivity contribution is -0.116. The van der Waals surface area contributed by atoms with Gasteiger partial charge in [-0.25, -0.2) is 4.98 Å². The summed E-state index contributed by atoms with van der Waals surface area (Å²) in [5.74, 6) is -1.95. The Morgan fingerprint density at radius 1 is 1.25 bits per heavy atom. The van der Waals surface area contributed by atoms with Crippen LogP contribution in [0.1, 0.15) is 23.2 Å². The van der Waals surface area contributed by atoms with Crippen LogP contribution in [0, 0.1) is 13.8 Å². The minimum absolute atomic E-state index is 0.0285. The summed E-state index contributed by atoms with van der Waals surface area (Å²) in [5.41, 5.74) is 1.44. The van der Waals surface area contributed by atoms with E-state index >= 15 is 0 Å². The first-order valence-corrected chi connectivity index (χ1v) is 9.20. The van der Waals surface area contributed by atoms with Gasteiger partial charge in [0.1, 0.15) is 0 Å². The minimum Gasteiger partial charge on any atom is -0.493 e. The number of hydrogen-bond donors (Lipinski definition) is 2. The second-order valence-electron chi connectivity index (χ2n) is 5.88. The third-order valence-corrected chi connectivity index (χ3v) is 4.60. The van der Waals surface area contributed by atoms with Crippen LogP contribution in [-0.2, 0) is 11.2 Å². The van der Waals surface area contributed by atoms with Crippen molar-refractivity contribution < 1.29 is 23.0 Å². The summed E-state index contributed by atoms with van der Waals surface area (Å²) in [6.07, 6.45) is 0.159. The highest BCUT2D eigenvalue weighted by Gasteiger charge is 2.15. The van der Waals surface area contributed by atoms with Crippen LogP contribution in [0.25, 0.3) is 0 Å². The van der Waals surface area contributed by atoms with E-state index in [-0.39, 0.29) is 41.2 Å². The van der Waals surface area contributed by atoms with E-state index in [9.17, 15) is 18.4 Å². The second kappa shape index (κ2) is 9.54. The van der Waals surface area contributed by atoms with Crippen LogP contribution < -0.4 is 20.3 Å². The molecule has 0 unspecified atom stereocenters. The van der Waals surface area contributed by atoms with Crippen LogP contribution in [-0.4, -0.2) is 35.9 Å². The molecule has 1 aromatic carbocycles. The van der Waals surface area contributed by atoms with Crippen molar-refractivity contribution in [1.82, 2.24) is 9.97 Å². The molecular weight excluding hydrogens is 392 g/mol. The van der Waals surface area contributed by atoms with E-state index in [2.05, 4.69) is 15.3 Å². The van der Waals surface area contributed by atoms with Crippen molar-refractivity contribution >= 4 is 23.4 Å². The van der Waals surface area contributed by atoms with Crippen molar-refractivity contribution in [2.24, 2.45) is 0 Å². The number of carbonyl (C=O) groups is 1. The number of anilines is 1. The molecule has 2 rings (SSSR count). The Bertz CT molecular complexity index is 918. The van der Waals surface area contributed by atoms with E-state index in [0.29, 0.717) is 22.9 Å². The first-order chi connectivity index (χ1) is 13.2. The van der Waals surface area contributed by atoms with Gasteiger partial charge >= 0.3 is 0 Å². The molecular formula is C18H21F2N3O4S. The molecule has 0 fully saturated rings. The predicted molar refractivity (Wildman–Crippen MR) is 103 cm³/mol. The van der Waals surface area contributed by atoms with E-state index in [1.54, 1.807) is 19.1 Å². The van der Waals surface area contributed by atoms with Gasteiger partial charge < -0.3 is 19.8 Å². The molecule has 7 nitrogen and oxygen atoms in total. The highest BCUT2D eigenvalue weighted by molar-refractivity contribution is 7.99. The molecule has 0 aliphatic rings. The largest absolute Gasteiger partial charge is 0.493 e. The zero-order valence-electron chi connectivity index (χ0n) is 15.9. The standard InChI is InChI=1S/C18H21F2N3O4S/c1-9-7-13(26-3)14(27-4)8-12(9)22-15(24)6-5-11-10(2)21-18(23-16(11)25)28-17(19)20/h7-8,17H,5-6H2,1-4H3,(H,22,24)(H,21,23,25). The Labute approximate surface area is 164 Å². The Balaban J connectivity index is 2.08. The maximum absolute atomic E-state index is 12.4. The number of methoxy groups -OCH3 is 2. The highest BCUT2D eigenvalue weighted by atomic mass is 32.2. The third kappa shape index (κ3) is 5.44. The summed E-state index contributed by atoms with van der Waals surface area (Å²) >= 11 is 0.168. The number of aromatic nitrogens is 2. The first-order valence-electron chi connectivity index (χ1n) is 8.32. The lowest BCUT2D eigenvalue weighted by Gasteiger charge is -2.14. The number of aryl methyl sites for hydroxylation is 2. The van der Waals surface area contributed by atoms with Crippen LogP contribution in [0.5, 0.6) is 11.5 Å². The van der Waals surface area contributed by atoms with Gasteiger partial charge in [-0.3, -0.25) is 9.59 Å². The summed E-state index contributed by atoms with van der Waals surface area (Å²) in [7, 11) is 3.02. The summed E-state index contributed by atoms with van der Waals surface area (Å²) in [4.78, 5) is 30.7. The summed E-state index contributed by atoms with van der Waals surface area (Å²) in [5, 5.41) is 2.63. The molecule has 1 aromatic heterocycles. The van der Waals surface area contributed by atoms with Crippen molar-refractivity contribution in [2.75, 3.05) is 19.5 Å². The maximum Gasteiger partial charge on any atom is 0.291 e. The fourth-order valence-electron chi connectivity index (χ4n) is 2.59. The number of alkyl halides is 2. The molecule has 0 spiro atoms. The molecule has 2 aromatic rings. The summed E-state index contributed by atoms with van der Waals surface area (Å²) < 4.78 is 35.3. The number of benzene rings is 1. The molecule has 0 radical (unpaired) electrons. The zero-order valence-corrected chi connectivity index (χ0v) is 16.7. The highest BCUT2D eigenvalue weighted by Crippen LogP contribution is 2.33. The summed E-state index contributed by atoms with van der Waals surface area (Å²) in [6, 6.07) is 3.40. The Hall–Kier alpha value is -2.62. The molecule has 0 bridgehead atoms. The van der Waals surface area contributed by atoms with Gasteiger partial charge in [0.2, 0.25) is 5.91 Å².